The van der Waals surface area contributed by atoms with Gasteiger partial charge in [0.2, 0.25) is 5.88 Å². The molecule has 0 saturated heterocycles. The van der Waals surface area contributed by atoms with Gasteiger partial charge in [0.25, 0.3) is 0 Å². The van der Waals surface area contributed by atoms with E-state index in [1.807, 2.05) is 0 Å². The van der Waals surface area contributed by atoms with Gasteiger partial charge in [-0.05, 0) is 23.8 Å². The van der Waals surface area contributed by atoms with Crippen molar-refractivity contribution in [3.05, 3.63) is 53.7 Å². The second-order valence-electron chi connectivity index (χ2n) is 4.21. The molecule has 0 aliphatic rings. The van der Waals surface area contributed by atoms with E-state index in [9.17, 15) is 9.90 Å². The fraction of sp³-hybridized carbons (Fsp3) is 0.0667. The van der Waals surface area contributed by atoms with Gasteiger partial charge in [0.15, 0.2) is 12.2 Å². The maximum atomic E-state index is 10.6. The summed E-state index contributed by atoms with van der Waals surface area (Å²) in [4.78, 5) is 18.5. The van der Waals surface area contributed by atoms with Gasteiger partial charge >= 0.3 is 0 Å². The number of carbonyl (C=O) groups excluding carboxylic acids is 1. The van der Waals surface area contributed by atoms with Gasteiger partial charge in [0, 0.05) is 30.2 Å². The molecule has 112 valence electrons. The normalized spacial score (nSPS) is 11.3. The number of methoxy groups -OCH3 is 1. The van der Waals surface area contributed by atoms with Gasteiger partial charge in [-0.25, -0.2) is 9.97 Å². The van der Waals surface area contributed by atoms with Crippen LogP contribution in [-0.4, -0.2) is 34.7 Å². The summed E-state index contributed by atoms with van der Waals surface area (Å²) in [6.45, 7) is 0. The van der Waals surface area contributed by atoms with Crippen LogP contribution in [0.5, 0.6) is 5.88 Å². The van der Waals surface area contributed by atoms with E-state index < -0.39 is 0 Å². The van der Waals surface area contributed by atoms with Crippen LogP contribution in [0.3, 0.4) is 0 Å². The summed E-state index contributed by atoms with van der Waals surface area (Å²) in [5.74, 6) is 0.483. The molecule has 0 spiro atoms. The molecule has 2 aromatic rings. The number of aliphatic hydroxyl groups excluding tert-OH is 1. The SMILES string of the molecule is COc1cc(/C(C=N)=C(\O)Nc2ccc(C=O)cn2)ccn1. The molecule has 0 fully saturated rings. The molecular formula is C15H14N4O3. The highest BCUT2D eigenvalue weighted by Gasteiger charge is 2.09. The molecule has 0 aliphatic carbocycles. The first kappa shape index (κ1) is 15.2. The summed E-state index contributed by atoms with van der Waals surface area (Å²) in [6, 6.07) is 6.36. The summed E-state index contributed by atoms with van der Waals surface area (Å²) in [5, 5.41) is 20.3. The number of hydrogen-bond acceptors (Lipinski definition) is 7. The molecule has 0 aromatic carbocycles. The number of anilines is 1. The number of carbonyl (C=O) groups is 1. The fourth-order valence-electron chi connectivity index (χ4n) is 1.71. The van der Waals surface area contributed by atoms with Crippen LogP contribution in [0, 0.1) is 5.41 Å². The molecule has 2 heterocycles. The lowest BCUT2D eigenvalue weighted by Crippen LogP contribution is -2.05. The van der Waals surface area contributed by atoms with Gasteiger partial charge in [-0.1, -0.05) is 0 Å². The number of aliphatic hydroxyl groups is 1. The molecule has 0 radical (unpaired) electrons. The molecule has 2 aromatic heterocycles. The zero-order valence-electron chi connectivity index (χ0n) is 11.8. The Labute approximate surface area is 126 Å². The van der Waals surface area contributed by atoms with Crippen molar-refractivity contribution in [1.82, 2.24) is 9.97 Å². The van der Waals surface area contributed by atoms with Crippen LogP contribution in [0.2, 0.25) is 0 Å². The molecule has 0 saturated carbocycles. The molecule has 0 atom stereocenters. The Morgan fingerprint density at radius 1 is 1.36 bits per heavy atom. The smallest absolute Gasteiger partial charge is 0.213 e. The summed E-state index contributed by atoms with van der Waals surface area (Å²) in [7, 11) is 1.48. The third kappa shape index (κ3) is 3.45. The molecule has 22 heavy (non-hydrogen) atoms. The number of pyridine rings is 2. The largest absolute Gasteiger partial charge is 0.494 e. The minimum absolute atomic E-state index is 0.241. The maximum Gasteiger partial charge on any atom is 0.213 e. The molecule has 2 rings (SSSR count). The summed E-state index contributed by atoms with van der Waals surface area (Å²) >= 11 is 0. The van der Waals surface area contributed by atoms with E-state index in [2.05, 4.69) is 15.3 Å². The van der Waals surface area contributed by atoms with Gasteiger partial charge in [0.1, 0.15) is 5.82 Å². The predicted octanol–water partition coefficient (Wildman–Crippen LogP) is 2.29. The first-order valence-corrected chi connectivity index (χ1v) is 6.30. The monoisotopic (exact) mass is 298 g/mol. The van der Waals surface area contributed by atoms with E-state index in [1.165, 1.54) is 19.5 Å². The van der Waals surface area contributed by atoms with Gasteiger partial charge < -0.3 is 20.6 Å². The number of ether oxygens (including phenoxy) is 1. The zero-order chi connectivity index (χ0) is 15.9. The Balaban J connectivity index is 2.30. The number of nitrogens with one attached hydrogen (secondary N) is 2. The van der Waals surface area contributed by atoms with Crippen molar-refractivity contribution in [3.63, 3.8) is 0 Å². The Morgan fingerprint density at radius 2 is 2.18 bits per heavy atom. The number of aromatic nitrogens is 2. The topological polar surface area (TPSA) is 108 Å². The molecule has 0 bridgehead atoms. The van der Waals surface area contributed by atoms with Crippen LogP contribution in [0.15, 0.2) is 42.5 Å². The summed E-state index contributed by atoms with van der Waals surface area (Å²) < 4.78 is 5.02. The van der Waals surface area contributed by atoms with Crippen LogP contribution >= 0.6 is 0 Å². The highest BCUT2D eigenvalue weighted by molar-refractivity contribution is 6.09. The molecule has 3 N–H and O–H groups in total. The van der Waals surface area contributed by atoms with E-state index in [-0.39, 0.29) is 11.5 Å². The number of allylic oxidation sites excluding steroid dienone is 1. The minimum atomic E-state index is -0.241. The van der Waals surface area contributed by atoms with E-state index >= 15 is 0 Å². The van der Waals surface area contributed by atoms with Gasteiger partial charge in [-0.3, -0.25) is 4.79 Å². The van der Waals surface area contributed by atoms with E-state index in [1.54, 1.807) is 24.3 Å². The van der Waals surface area contributed by atoms with Crippen LogP contribution in [-0.2, 0) is 0 Å². The molecule has 7 nitrogen and oxygen atoms in total. The first-order valence-electron chi connectivity index (χ1n) is 6.30. The lowest BCUT2D eigenvalue weighted by molar-refractivity contribution is 0.112. The standard InChI is InChI=1S/C15H14N4O3/c1-22-14-6-11(4-5-17-14)12(7-16)15(21)19-13-3-2-10(9-20)8-18-13/h2-9,16,21H,1H3,(H,18,19)/b15-12-,16-7?. The van der Waals surface area contributed by atoms with Crippen LogP contribution in [0.25, 0.3) is 5.57 Å². The predicted molar refractivity (Wildman–Crippen MR) is 82.4 cm³/mol. The van der Waals surface area contributed by atoms with Crippen molar-refractivity contribution in [3.8, 4) is 5.88 Å². The zero-order valence-corrected chi connectivity index (χ0v) is 11.8. The lowest BCUT2D eigenvalue weighted by atomic mass is 10.1. The average Bonchev–Trinajstić information content (AvgIpc) is 2.56. The maximum absolute atomic E-state index is 10.6. The van der Waals surface area contributed by atoms with Crippen molar-refractivity contribution in [1.29, 1.82) is 5.41 Å². The molecule has 0 aliphatic heterocycles. The number of nitrogens with zero attached hydrogens (tertiary/aromatic N) is 2. The van der Waals surface area contributed by atoms with Crippen LogP contribution in [0.1, 0.15) is 15.9 Å². The average molecular weight is 298 g/mol. The summed E-state index contributed by atoms with van der Waals surface area (Å²) in [5.41, 5.74) is 1.25. The van der Waals surface area contributed by atoms with E-state index in [0.29, 0.717) is 29.1 Å². The molecule has 0 unspecified atom stereocenters. The molecule has 0 amide bonds. The number of rotatable bonds is 6. The minimum Gasteiger partial charge on any atom is -0.494 e. The first-order chi connectivity index (χ1) is 10.7. The van der Waals surface area contributed by atoms with Crippen LogP contribution < -0.4 is 10.1 Å². The van der Waals surface area contributed by atoms with Crippen molar-refractivity contribution in [2.24, 2.45) is 0 Å². The Morgan fingerprint density at radius 3 is 2.77 bits per heavy atom. The highest BCUT2D eigenvalue weighted by Crippen LogP contribution is 2.19. The van der Waals surface area contributed by atoms with E-state index in [4.69, 9.17) is 10.1 Å². The highest BCUT2D eigenvalue weighted by atomic mass is 16.5. The van der Waals surface area contributed by atoms with Gasteiger partial charge in [-0.15, -0.1) is 0 Å². The number of aldehydes is 1. The van der Waals surface area contributed by atoms with Crippen molar-refractivity contribution >= 4 is 23.9 Å². The van der Waals surface area contributed by atoms with Gasteiger partial charge in [0.05, 0.1) is 12.7 Å². The second kappa shape index (κ2) is 6.98. The Hall–Kier alpha value is -3.22. The second-order valence-corrected chi connectivity index (χ2v) is 4.21. The fourth-order valence-corrected chi connectivity index (χ4v) is 1.71. The van der Waals surface area contributed by atoms with Crippen molar-refractivity contribution in [2.75, 3.05) is 12.4 Å². The number of hydrogen-bond donors (Lipinski definition) is 3. The Bertz CT molecular complexity index is 711. The van der Waals surface area contributed by atoms with Crippen LogP contribution in [0.4, 0.5) is 5.82 Å². The third-order valence-corrected chi connectivity index (χ3v) is 2.82. The molecule has 7 heteroatoms. The van der Waals surface area contributed by atoms with Gasteiger partial charge in [-0.2, -0.15) is 0 Å². The van der Waals surface area contributed by atoms with Crippen molar-refractivity contribution in [2.45, 2.75) is 0 Å². The Kier molecular flexibility index (Phi) is 4.81. The van der Waals surface area contributed by atoms with Crippen molar-refractivity contribution < 1.29 is 14.6 Å². The molecular weight excluding hydrogens is 284 g/mol. The lowest BCUT2D eigenvalue weighted by Gasteiger charge is -2.09. The van der Waals surface area contributed by atoms with E-state index in [0.717, 1.165) is 6.21 Å². The third-order valence-electron chi connectivity index (χ3n) is 2.82. The summed E-state index contributed by atoms with van der Waals surface area (Å²) in [6.07, 6.45) is 4.58. The quantitative estimate of drug-likeness (QED) is 0.429.